The second-order valence-electron chi connectivity index (χ2n) is 5.93. The Morgan fingerprint density at radius 2 is 1.91 bits per heavy atom. The molecule has 1 aromatic carbocycles. The quantitative estimate of drug-likeness (QED) is 0.873. The highest BCUT2D eigenvalue weighted by Gasteiger charge is 2.30. The minimum atomic E-state index is -0.420. The Balaban J connectivity index is 2.04. The molecule has 0 radical (unpaired) electrons. The molecule has 1 heterocycles. The van der Waals surface area contributed by atoms with E-state index in [9.17, 15) is 14.0 Å². The lowest BCUT2D eigenvalue weighted by atomic mass is 10.1. The minimum Gasteiger partial charge on any atom is -0.319 e. The van der Waals surface area contributed by atoms with Crippen molar-refractivity contribution in [3.63, 3.8) is 0 Å². The van der Waals surface area contributed by atoms with Crippen LogP contribution in [0.4, 0.5) is 10.1 Å². The molecule has 1 aromatic heterocycles. The largest absolute Gasteiger partial charge is 0.319 e. The Morgan fingerprint density at radius 1 is 1.22 bits per heavy atom. The van der Waals surface area contributed by atoms with E-state index >= 15 is 0 Å². The summed E-state index contributed by atoms with van der Waals surface area (Å²) in [6.45, 7) is 0. The molecule has 5 heteroatoms. The average Bonchev–Trinajstić information content (AvgIpc) is 3.06. The molecule has 4 nitrogen and oxygen atoms in total. The van der Waals surface area contributed by atoms with E-state index < -0.39 is 5.82 Å². The predicted molar refractivity (Wildman–Crippen MR) is 87.1 cm³/mol. The molecule has 2 aromatic rings. The first-order chi connectivity index (χ1) is 11.1. The zero-order chi connectivity index (χ0) is 16.4. The van der Waals surface area contributed by atoms with Crippen LogP contribution in [-0.4, -0.2) is 16.5 Å². The van der Waals surface area contributed by atoms with Crippen LogP contribution in [0, 0.1) is 5.82 Å². The first-order valence-electron chi connectivity index (χ1n) is 7.82. The third-order valence-electron chi connectivity index (χ3n) is 4.37. The molecule has 1 saturated carbocycles. The lowest BCUT2D eigenvalue weighted by Crippen LogP contribution is -2.40. The second-order valence-corrected chi connectivity index (χ2v) is 5.93. The van der Waals surface area contributed by atoms with Gasteiger partial charge in [0.2, 0.25) is 0 Å². The molecule has 0 spiro atoms. The van der Waals surface area contributed by atoms with E-state index in [0.29, 0.717) is 5.56 Å². The number of aromatic nitrogens is 1. The summed E-state index contributed by atoms with van der Waals surface area (Å²) >= 11 is 0. The zero-order valence-corrected chi connectivity index (χ0v) is 13.0. The van der Waals surface area contributed by atoms with Gasteiger partial charge in [0.25, 0.3) is 11.5 Å². The van der Waals surface area contributed by atoms with Gasteiger partial charge in [-0.05, 0) is 31.0 Å². The normalized spacial score (nSPS) is 14.9. The summed E-state index contributed by atoms with van der Waals surface area (Å²) in [5.41, 5.74) is 0.323. The Hall–Kier alpha value is -2.43. The maximum Gasteiger partial charge on any atom is 0.258 e. The van der Waals surface area contributed by atoms with Crippen molar-refractivity contribution in [3.05, 3.63) is 64.3 Å². The third-order valence-corrected chi connectivity index (χ3v) is 4.37. The maximum atomic E-state index is 14.3. The van der Waals surface area contributed by atoms with Crippen molar-refractivity contribution < 1.29 is 9.18 Å². The van der Waals surface area contributed by atoms with Crippen LogP contribution in [0.1, 0.15) is 36.0 Å². The Kier molecular flexibility index (Phi) is 4.28. The van der Waals surface area contributed by atoms with E-state index in [1.165, 1.54) is 21.6 Å². The highest BCUT2D eigenvalue weighted by atomic mass is 19.1. The summed E-state index contributed by atoms with van der Waals surface area (Å²) < 4.78 is 15.7. The lowest BCUT2D eigenvalue weighted by molar-refractivity contribution is 0.0975. The van der Waals surface area contributed by atoms with Crippen molar-refractivity contribution in [2.75, 3.05) is 4.90 Å². The highest BCUT2D eigenvalue weighted by Crippen LogP contribution is 2.31. The second kappa shape index (κ2) is 6.36. The van der Waals surface area contributed by atoms with Crippen LogP contribution in [0.15, 0.2) is 47.4 Å². The van der Waals surface area contributed by atoms with Crippen LogP contribution in [-0.2, 0) is 7.05 Å². The van der Waals surface area contributed by atoms with Gasteiger partial charge in [-0.25, -0.2) is 4.39 Å². The molecule has 1 aliphatic rings. The average molecular weight is 314 g/mol. The summed E-state index contributed by atoms with van der Waals surface area (Å²) in [5, 5.41) is 0. The number of pyridine rings is 1. The molecule has 3 rings (SSSR count). The number of benzene rings is 1. The van der Waals surface area contributed by atoms with E-state index in [1.807, 2.05) is 0 Å². The molecule has 0 unspecified atom stereocenters. The van der Waals surface area contributed by atoms with Crippen LogP contribution >= 0.6 is 0 Å². The topological polar surface area (TPSA) is 42.3 Å². The number of rotatable bonds is 3. The molecule has 1 fully saturated rings. The smallest absolute Gasteiger partial charge is 0.258 e. The molecule has 23 heavy (non-hydrogen) atoms. The van der Waals surface area contributed by atoms with Gasteiger partial charge in [0.1, 0.15) is 5.82 Å². The van der Waals surface area contributed by atoms with Crippen molar-refractivity contribution in [2.24, 2.45) is 7.05 Å². The molecule has 0 bridgehead atoms. The molecular weight excluding hydrogens is 295 g/mol. The van der Waals surface area contributed by atoms with Gasteiger partial charge in [-0.2, -0.15) is 0 Å². The molecular formula is C18H19FN2O2. The van der Waals surface area contributed by atoms with Crippen molar-refractivity contribution in [1.82, 2.24) is 4.57 Å². The van der Waals surface area contributed by atoms with Crippen LogP contribution in [0.25, 0.3) is 0 Å². The summed E-state index contributed by atoms with van der Waals surface area (Å²) in [4.78, 5) is 26.3. The number of hydrogen-bond donors (Lipinski definition) is 0. The number of para-hydroxylation sites is 1. The number of anilines is 1. The van der Waals surface area contributed by atoms with Crippen molar-refractivity contribution in [1.29, 1.82) is 0 Å². The third kappa shape index (κ3) is 3.04. The first kappa shape index (κ1) is 15.5. The van der Waals surface area contributed by atoms with Gasteiger partial charge < -0.3 is 9.47 Å². The van der Waals surface area contributed by atoms with E-state index in [0.717, 1.165) is 25.7 Å². The van der Waals surface area contributed by atoms with Crippen molar-refractivity contribution in [3.8, 4) is 0 Å². The fourth-order valence-electron chi connectivity index (χ4n) is 3.10. The van der Waals surface area contributed by atoms with E-state index in [-0.39, 0.29) is 23.2 Å². The molecule has 1 aliphatic carbocycles. The lowest BCUT2D eigenvalue weighted by Gasteiger charge is -2.29. The Bertz CT molecular complexity index is 779. The van der Waals surface area contributed by atoms with Gasteiger partial charge in [0.15, 0.2) is 0 Å². The predicted octanol–water partition coefficient (Wildman–Crippen LogP) is 3.11. The first-order valence-corrected chi connectivity index (χ1v) is 7.82. The van der Waals surface area contributed by atoms with Crippen LogP contribution in [0.3, 0.4) is 0 Å². The van der Waals surface area contributed by atoms with Crippen molar-refractivity contribution in [2.45, 2.75) is 31.7 Å². The van der Waals surface area contributed by atoms with Crippen LogP contribution < -0.4 is 10.5 Å². The number of carbonyl (C=O) groups is 1. The van der Waals surface area contributed by atoms with Gasteiger partial charge in [-0.3, -0.25) is 9.59 Å². The van der Waals surface area contributed by atoms with Gasteiger partial charge in [0, 0.05) is 30.9 Å². The molecule has 1 amide bonds. The van der Waals surface area contributed by atoms with Crippen LogP contribution in [0.2, 0.25) is 0 Å². The molecule has 0 atom stereocenters. The standard InChI is InChI=1S/C18H19FN2O2/c1-20-11-10-13(12-17(20)22)18(23)21(14-6-2-3-7-14)16-9-5-4-8-15(16)19/h4-5,8-12,14H,2-3,6-7H2,1H3. The monoisotopic (exact) mass is 314 g/mol. The molecule has 0 N–H and O–H groups in total. The van der Waals surface area contributed by atoms with E-state index in [2.05, 4.69) is 0 Å². The Morgan fingerprint density at radius 3 is 2.57 bits per heavy atom. The molecule has 0 aliphatic heterocycles. The van der Waals surface area contributed by atoms with Gasteiger partial charge in [-0.1, -0.05) is 25.0 Å². The minimum absolute atomic E-state index is 0.0246. The maximum absolute atomic E-state index is 14.3. The summed E-state index contributed by atoms with van der Waals surface area (Å²) in [5.74, 6) is -0.740. The summed E-state index contributed by atoms with van der Waals surface area (Å²) in [7, 11) is 1.63. The number of carbonyl (C=O) groups excluding carboxylic acids is 1. The van der Waals surface area contributed by atoms with Crippen LogP contribution in [0.5, 0.6) is 0 Å². The number of hydrogen-bond acceptors (Lipinski definition) is 2. The van der Waals surface area contributed by atoms with E-state index in [1.54, 1.807) is 37.5 Å². The zero-order valence-electron chi connectivity index (χ0n) is 13.0. The van der Waals surface area contributed by atoms with E-state index in [4.69, 9.17) is 0 Å². The number of aryl methyl sites for hydroxylation is 1. The van der Waals surface area contributed by atoms with Gasteiger partial charge in [-0.15, -0.1) is 0 Å². The summed E-state index contributed by atoms with van der Waals surface area (Å²) in [6.07, 6.45) is 5.32. The number of halogens is 1. The molecule has 120 valence electrons. The van der Waals surface area contributed by atoms with Crippen molar-refractivity contribution >= 4 is 11.6 Å². The molecule has 0 saturated heterocycles. The number of amides is 1. The number of nitrogens with zero attached hydrogens (tertiary/aromatic N) is 2. The summed E-state index contributed by atoms with van der Waals surface area (Å²) in [6, 6.07) is 9.19. The highest BCUT2D eigenvalue weighted by molar-refractivity contribution is 6.06. The SMILES string of the molecule is Cn1ccc(C(=O)N(c2ccccc2F)C2CCCC2)cc1=O. The van der Waals surface area contributed by atoms with Gasteiger partial charge in [0.05, 0.1) is 5.69 Å². The fourth-order valence-corrected chi connectivity index (χ4v) is 3.10. The fraction of sp³-hybridized carbons (Fsp3) is 0.333. The van der Waals surface area contributed by atoms with Gasteiger partial charge >= 0.3 is 0 Å². The Labute approximate surface area is 134 Å².